The van der Waals surface area contributed by atoms with Crippen LogP contribution in [-0.2, 0) is 16.1 Å². The minimum atomic E-state index is -0.102. The van der Waals surface area contributed by atoms with Gasteiger partial charge in [0.15, 0.2) is 0 Å². The lowest BCUT2D eigenvalue weighted by Crippen LogP contribution is -2.34. The van der Waals surface area contributed by atoms with Crippen LogP contribution in [0, 0.1) is 13.8 Å². The van der Waals surface area contributed by atoms with Crippen molar-refractivity contribution in [3.63, 3.8) is 0 Å². The number of amides is 2. The summed E-state index contributed by atoms with van der Waals surface area (Å²) in [5, 5.41) is 6.73. The van der Waals surface area contributed by atoms with Gasteiger partial charge >= 0.3 is 0 Å². The number of carbonyl (C=O) groups excluding carboxylic acids is 2. The largest absolute Gasteiger partial charge is 0.396 e. The van der Waals surface area contributed by atoms with Crippen molar-refractivity contribution in [3.8, 4) is 0 Å². The first kappa shape index (κ1) is 15.0. The summed E-state index contributed by atoms with van der Waals surface area (Å²) < 4.78 is 1.59. The van der Waals surface area contributed by atoms with Crippen molar-refractivity contribution in [1.82, 2.24) is 20.0 Å². The van der Waals surface area contributed by atoms with Gasteiger partial charge in [-0.15, -0.1) is 0 Å². The third-order valence-corrected chi connectivity index (χ3v) is 3.10. The Bertz CT molecular complexity index is 481. The first-order chi connectivity index (χ1) is 8.86. The number of aromatic nitrogens is 2. The molecule has 3 N–H and O–H groups in total. The predicted molar refractivity (Wildman–Crippen MR) is 72.4 cm³/mol. The molecule has 1 rings (SSSR count). The minimum absolute atomic E-state index is 0.0880. The molecule has 0 saturated heterocycles. The Balaban J connectivity index is 2.59. The topological polar surface area (TPSA) is 93.2 Å². The third kappa shape index (κ3) is 3.70. The van der Waals surface area contributed by atoms with Gasteiger partial charge < -0.3 is 16.0 Å². The normalized spacial score (nSPS) is 10.3. The maximum atomic E-state index is 12.0. The molecule has 0 aliphatic rings. The van der Waals surface area contributed by atoms with Gasteiger partial charge in [-0.3, -0.25) is 14.3 Å². The molecule has 1 aromatic rings. The van der Waals surface area contributed by atoms with Crippen molar-refractivity contribution < 1.29 is 9.59 Å². The average Bonchev–Trinajstić information content (AvgIpc) is 2.63. The summed E-state index contributed by atoms with van der Waals surface area (Å²) in [5.41, 5.74) is 7.93. The minimum Gasteiger partial charge on any atom is -0.396 e. The number of nitrogen functional groups attached to an aromatic ring is 1. The number of nitrogens with two attached hydrogens (primary N) is 1. The Morgan fingerprint density at radius 1 is 1.42 bits per heavy atom. The molecule has 0 radical (unpaired) electrons. The number of likely N-dealkylation sites (N-methyl/N-ethyl adjacent to an activating group) is 1. The van der Waals surface area contributed by atoms with Crippen molar-refractivity contribution in [2.45, 2.75) is 26.8 Å². The summed E-state index contributed by atoms with van der Waals surface area (Å²) in [6, 6.07) is 0. The van der Waals surface area contributed by atoms with Crippen molar-refractivity contribution in [2.75, 3.05) is 26.4 Å². The highest BCUT2D eigenvalue weighted by molar-refractivity contribution is 5.78. The van der Waals surface area contributed by atoms with E-state index in [9.17, 15) is 9.59 Å². The van der Waals surface area contributed by atoms with Crippen molar-refractivity contribution in [1.29, 1.82) is 0 Å². The van der Waals surface area contributed by atoms with E-state index in [1.54, 1.807) is 25.7 Å². The third-order valence-electron chi connectivity index (χ3n) is 3.10. The first-order valence-corrected chi connectivity index (χ1v) is 6.10. The average molecular weight is 267 g/mol. The smallest absolute Gasteiger partial charge is 0.244 e. The van der Waals surface area contributed by atoms with Crippen LogP contribution >= 0.6 is 0 Å². The molecule has 0 aliphatic carbocycles. The molecule has 0 bridgehead atoms. The molecule has 0 aliphatic heterocycles. The van der Waals surface area contributed by atoms with Crippen LogP contribution in [-0.4, -0.2) is 47.1 Å². The second-order valence-electron chi connectivity index (χ2n) is 4.48. The lowest BCUT2D eigenvalue weighted by atomic mass is 10.3. The zero-order valence-corrected chi connectivity index (χ0v) is 11.9. The Morgan fingerprint density at radius 2 is 2.05 bits per heavy atom. The molecule has 106 valence electrons. The molecule has 0 atom stereocenters. The van der Waals surface area contributed by atoms with E-state index in [1.165, 1.54) is 4.90 Å². The van der Waals surface area contributed by atoms with Crippen molar-refractivity contribution >= 4 is 17.5 Å². The van der Waals surface area contributed by atoms with Gasteiger partial charge in [0, 0.05) is 27.1 Å². The standard InChI is InChI=1S/C12H21N5O2/c1-8-12(13)9(2)17(15-8)7-11(19)16(4)6-5-10(18)14-3/h5-7,13H2,1-4H3,(H,14,18). The first-order valence-electron chi connectivity index (χ1n) is 6.10. The number of aryl methyl sites for hydroxylation is 1. The zero-order valence-electron chi connectivity index (χ0n) is 11.9. The van der Waals surface area contributed by atoms with Crippen LogP contribution in [0.15, 0.2) is 0 Å². The van der Waals surface area contributed by atoms with Crippen molar-refractivity contribution in [3.05, 3.63) is 11.4 Å². The molecule has 0 saturated carbocycles. The number of nitrogens with zero attached hydrogens (tertiary/aromatic N) is 3. The fourth-order valence-corrected chi connectivity index (χ4v) is 1.63. The molecule has 2 amide bonds. The molecular weight excluding hydrogens is 246 g/mol. The number of hydrogen-bond acceptors (Lipinski definition) is 4. The summed E-state index contributed by atoms with van der Waals surface area (Å²) in [6.07, 6.45) is 0.290. The molecule has 0 unspecified atom stereocenters. The van der Waals surface area contributed by atoms with Crippen LogP contribution in [0.4, 0.5) is 5.69 Å². The highest BCUT2D eigenvalue weighted by Crippen LogP contribution is 2.14. The maximum Gasteiger partial charge on any atom is 0.244 e. The second kappa shape index (κ2) is 6.21. The Hall–Kier alpha value is -2.05. The van der Waals surface area contributed by atoms with E-state index in [0.29, 0.717) is 12.2 Å². The van der Waals surface area contributed by atoms with Gasteiger partial charge in [-0.25, -0.2) is 0 Å². The van der Waals surface area contributed by atoms with Gasteiger partial charge in [0.1, 0.15) is 6.54 Å². The summed E-state index contributed by atoms with van der Waals surface area (Å²) in [7, 11) is 3.24. The van der Waals surface area contributed by atoms with E-state index in [2.05, 4.69) is 10.4 Å². The molecule has 0 spiro atoms. The van der Waals surface area contributed by atoms with Crippen LogP contribution in [0.3, 0.4) is 0 Å². The van der Waals surface area contributed by atoms with Crippen LogP contribution in [0.2, 0.25) is 0 Å². The molecule has 0 fully saturated rings. The number of nitrogens with one attached hydrogen (secondary N) is 1. The molecule has 7 heteroatoms. The SMILES string of the molecule is CNC(=O)CCN(C)C(=O)Cn1nc(C)c(N)c1C. The van der Waals surface area contributed by atoms with Crippen LogP contribution in [0.5, 0.6) is 0 Å². The molecular formula is C12H21N5O2. The number of carbonyl (C=O) groups is 2. The highest BCUT2D eigenvalue weighted by atomic mass is 16.2. The van der Waals surface area contributed by atoms with Gasteiger partial charge in [-0.05, 0) is 13.8 Å². The number of hydrogen-bond donors (Lipinski definition) is 2. The van der Waals surface area contributed by atoms with E-state index in [1.807, 2.05) is 6.92 Å². The number of anilines is 1. The highest BCUT2D eigenvalue weighted by Gasteiger charge is 2.15. The molecule has 19 heavy (non-hydrogen) atoms. The van der Waals surface area contributed by atoms with Gasteiger partial charge in [0.25, 0.3) is 0 Å². The van der Waals surface area contributed by atoms with Crippen LogP contribution in [0.1, 0.15) is 17.8 Å². The molecule has 1 aromatic heterocycles. The maximum absolute atomic E-state index is 12.0. The van der Waals surface area contributed by atoms with Gasteiger partial charge in [0.2, 0.25) is 11.8 Å². The number of rotatable bonds is 5. The van der Waals surface area contributed by atoms with Gasteiger partial charge in [-0.1, -0.05) is 0 Å². The summed E-state index contributed by atoms with van der Waals surface area (Å²) in [6.45, 7) is 4.15. The Kier molecular flexibility index (Phi) is 4.91. The van der Waals surface area contributed by atoms with E-state index >= 15 is 0 Å². The summed E-state index contributed by atoms with van der Waals surface area (Å²) in [4.78, 5) is 24.6. The van der Waals surface area contributed by atoms with Crippen molar-refractivity contribution in [2.24, 2.45) is 0 Å². The molecule has 7 nitrogen and oxygen atoms in total. The molecule has 0 aromatic carbocycles. The zero-order chi connectivity index (χ0) is 14.6. The van der Waals surface area contributed by atoms with E-state index < -0.39 is 0 Å². The Morgan fingerprint density at radius 3 is 2.53 bits per heavy atom. The lowest BCUT2D eigenvalue weighted by molar-refractivity contribution is -0.131. The monoisotopic (exact) mass is 267 g/mol. The van der Waals surface area contributed by atoms with E-state index in [0.717, 1.165) is 11.4 Å². The van der Waals surface area contributed by atoms with Gasteiger partial charge in [0.05, 0.1) is 17.1 Å². The fourth-order valence-electron chi connectivity index (χ4n) is 1.63. The molecule has 1 heterocycles. The quantitative estimate of drug-likeness (QED) is 0.764. The predicted octanol–water partition coefficient (Wildman–Crippen LogP) is -0.323. The fraction of sp³-hybridized carbons (Fsp3) is 0.583. The summed E-state index contributed by atoms with van der Waals surface area (Å²) in [5.74, 6) is -0.190. The summed E-state index contributed by atoms with van der Waals surface area (Å²) >= 11 is 0. The van der Waals surface area contributed by atoms with E-state index in [4.69, 9.17) is 5.73 Å². The van der Waals surface area contributed by atoms with Gasteiger partial charge in [-0.2, -0.15) is 5.10 Å². The van der Waals surface area contributed by atoms with Crippen LogP contribution < -0.4 is 11.1 Å². The lowest BCUT2D eigenvalue weighted by Gasteiger charge is -2.17. The second-order valence-corrected chi connectivity index (χ2v) is 4.48. The Labute approximate surface area is 112 Å². The van der Waals surface area contributed by atoms with E-state index in [-0.39, 0.29) is 24.8 Å². The van der Waals surface area contributed by atoms with Crippen LogP contribution in [0.25, 0.3) is 0 Å².